The van der Waals surface area contributed by atoms with Gasteiger partial charge in [-0.25, -0.2) is 4.79 Å². The molecule has 2 atom stereocenters. The van der Waals surface area contributed by atoms with Gasteiger partial charge in [0.1, 0.15) is 5.69 Å². The number of aromatic nitrogens is 1. The van der Waals surface area contributed by atoms with Crippen LogP contribution in [0.5, 0.6) is 11.5 Å². The fourth-order valence-corrected chi connectivity index (χ4v) is 3.25. The summed E-state index contributed by atoms with van der Waals surface area (Å²) in [5, 5.41) is 12.6. The quantitative estimate of drug-likeness (QED) is 0.655. The maximum Gasteiger partial charge on any atom is 0.355 e. The first-order valence-electron chi connectivity index (χ1n) is 9.02. The van der Waals surface area contributed by atoms with E-state index >= 15 is 0 Å². The molecule has 0 bridgehead atoms. The summed E-state index contributed by atoms with van der Waals surface area (Å²) >= 11 is 0. The lowest BCUT2D eigenvalue weighted by Crippen LogP contribution is -2.35. The standard InChI is InChI=1S/C20H24N2O6/c1-10-17(12(3)23)11(2)22-18(10)20(25)28-13(4)19(24)21-8-14-5-6-15-16(7-14)27-9-26-15/h5-7,12-13,22-23H,8-9H2,1-4H3,(H,21,24)/t12-,13+/m1/s1. The normalized spacial score (nSPS) is 14.5. The van der Waals surface area contributed by atoms with Crippen LogP contribution in [0.3, 0.4) is 0 Å². The molecule has 150 valence electrons. The fourth-order valence-electron chi connectivity index (χ4n) is 3.25. The van der Waals surface area contributed by atoms with Gasteiger partial charge in [-0.05, 0) is 51.0 Å². The highest BCUT2D eigenvalue weighted by atomic mass is 16.7. The Morgan fingerprint density at radius 3 is 2.64 bits per heavy atom. The molecule has 3 N–H and O–H groups in total. The number of aromatic amines is 1. The van der Waals surface area contributed by atoms with Crippen LogP contribution >= 0.6 is 0 Å². The number of rotatable bonds is 6. The van der Waals surface area contributed by atoms with Gasteiger partial charge in [0.2, 0.25) is 6.79 Å². The van der Waals surface area contributed by atoms with Gasteiger partial charge in [0, 0.05) is 17.8 Å². The van der Waals surface area contributed by atoms with Crippen molar-refractivity contribution in [3.05, 3.63) is 46.3 Å². The van der Waals surface area contributed by atoms with Gasteiger partial charge in [-0.1, -0.05) is 6.07 Å². The van der Waals surface area contributed by atoms with Gasteiger partial charge in [-0.3, -0.25) is 4.79 Å². The molecule has 1 aromatic heterocycles. The highest BCUT2D eigenvalue weighted by Crippen LogP contribution is 2.32. The van der Waals surface area contributed by atoms with Crippen molar-refractivity contribution in [2.45, 2.75) is 46.4 Å². The zero-order valence-electron chi connectivity index (χ0n) is 16.3. The summed E-state index contributed by atoms with van der Waals surface area (Å²) in [7, 11) is 0. The Morgan fingerprint density at radius 2 is 1.96 bits per heavy atom. The Bertz CT molecular complexity index is 902. The average Bonchev–Trinajstić information content (AvgIpc) is 3.22. The van der Waals surface area contributed by atoms with Crippen molar-refractivity contribution >= 4 is 11.9 Å². The number of aliphatic hydroxyl groups is 1. The number of ether oxygens (including phenoxy) is 3. The van der Waals surface area contributed by atoms with Gasteiger partial charge < -0.3 is 29.6 Å². The van der Waals surface area contributed by atoms with E-state index in [-0.39, 0.29) is 19.0 Å². The van der Waals surface area contributed by atoms with Crippen LogP contribution in [0.25, 0.3) is 0 Å². The fraction of sp³-hybridized carbons (Fsp3) is 0.400. The van der Waals surface area contributed by atoms with Crippen LogP contribution in [0.1, 0.15) is 52.8 Å². The van der Waals surface area contributed by atoms with E-state index in [1.807, 2.05) is 6.07 Å². The second-order valence-corrected chi connectivity index (χ2v) is 6.79. The van der Waals surface area contributed by atoms with Crippen molar-refractivity contribution < 1.29 is 28.9 Å². The Balaban J connectivity index is 1.58. The molecule has 0 unspecified atom stereocenters. The van der Waals surface area contributed by atoms with Crippen LogP contribution < -0.4 is 14.8 Å². The average molecular weight is 388 g/mol. The molecule has 2 aromatic rings. The molecule has 1 aliphatic rings. The maximum absolute atomic E-state index is 12.4. The van der Waals surface area contributed by atoms with Crippen molar-refractivity contribution in [1.29, 1.82) is 0 Å². The molecular weight excluding hydrogens is 364 g/mol. The summed E-state index contributed by atoms with van der Waals surface area (Å²) in [4.78, 5) is 27.6. The lowest BCUT2D eigenvalue weighted by atomic mass is 10.1. The topological polar surface area (TPSA) is 110 Å². The van der Waals surface area contributed by atoms with Crippen LogP contribution in [0, 0.1) is 13.8 Å². The maximum atomic E-state index is 12.4. The Morgan fingerprint density at radius 1 is 1.25 bits per heavy atom. The molecule has 0 aliphatic carbocycles. The minimum atomic E-state index is -0.973. The van der Waals surface area contributed by atoms with E-state index < -0.39 is 24.1 Å². The summed E-state index contributed by atoms with van der Waals surface area (Å²) in [5.74, 6) is 0.254. The summed E-state index contributed by atoms with van der Waals surface area (Å²) < 4.78 is 15.8. The minimum absolute atomic E-state index is 0.187. The van der Waals surface area contributed by atoms with E-state index in [0.29, 0.717) is 28.3 Å². The highest BCUT2D eigenvalue weighted by molar-refractivity contribution is 5.92. The number of aliphatic hydroxyl groups excluding tert-OH is 1. The van der Waals surface area contributed by atoms with E-state index in [1.165, 1.54) is 6.92 Å². The Kier molecular flexibility index (Phi) is 5.60. The molecule has 2 heterocycles. The number of amides is 1. The van der Waals surface area contributed by atoms with E-state index in [1.54, 1.807) is 32.9 Å². The number of aryl methyl sites for hydroxylation is 1. The number of hydrogen-bond donors (Lipinski definition) is 3. The van der Waals surface area contributed by atoms with Crippen molar-refractivity contribution in [3.8, 4) is 11.5 Å². The molecule has 1 aliphatic heterocycles. The van der Waals surface area contributed by atoms with E-state index in [0.717, 1.165) is 5.56 Å². The third kappa shape index (κ3) is 3.96. The molecule has 1 aromatic carbocycles. The first-order chi connectivity index (χ1) is 13.3. The molecular formula is C20H24N2O6. The number of esters is 1. The third-order valence-electron chi connectivity index (χ3n) is 4.67. The minimum Gasteiger partial charge on any atom is -0.454 e. The third-order valence-corrected chi connectivity index (χ3v) is 4.67. The van der Waals surface area contributed by atoms with Crippen molar-refractivity contribution in [2.24, 2.45) is 0 Å². The van der Waals surface area contributed by atoms with Crippen LogP contribution in [-0.2, 0) is 16.1 Å². The van der Waals surface area contributed by atoms with Gasteiger partial charge in [0.25, 0.3) is 5.91 Å². The second-order valence-electron chi connectivity index (χ2n) is 6.79. The SMILES string of the molecule is Cc1[nH]c(C(=O)O[C@@H](C)C(=O)NCc2ccc3c(c2)OCO3)c(C)c1[C@@H](C)O. The summed E-state index contributed by atoms with van der Waals surface area (Å²) in [6.07, 6.45) is -1.68. The van der Waals surface area contributed by atoms with E-state index in [2.05, 4.69) is 10.3 Å². The Labute approximate surface area is 162 Å². The highest BCUT2D eigenvalue weighted by Gasteiger charge is 2.24. The summed E-state index contributed by atoms with van der Waals surface area (Å²) in [6, 6.07) is 5.40. The zero-order chi connectivity index (χ0) is 20.4. The van der Waals surface area contributed by atoms with Crippen LogP contribution in [0.2, 0.25) is 0 Å². The van der Waals surface area contributed by atoms with Crippen molar-refractivity contribution in [3.63, 3.8) is 0 Å². The molecule has 3 rings (SSSR count). The van der Waals surface area contributed by atoms with E-state index in [9.17, 15) is 14.7 Å². The second kappa shape index (κ2) is 7.93. The number of fused-ring (bicyclic) bond motifs is 1. The largest absolute Gasteiger partial charge is 0.454 e. The smallest absolute Gasteiger partial charge is 0.355 e. The van der Waals surface area contributed by atoms with E-state index in [4.69, 9.17) is 14.2 Å². The van der Waals surface area contributed by atoms with Crippen molar-refractivity contribution in [1.82, 2.24) is 10.3 Å². The molecule has 8 nitrogen and oxygen atoms in total. The van der Waals surface area contributed by atoms with Crippen molar-refractivity contribution in [2.75, 3.05) is 6.79 Å². The molecule has 0 spiro atoms. The molecule has 0 saturated heterocycles. The van der Waals surface area contributed by atoms with Crippen LogP contribution in [0.4, 0.5) is 0 Å². The predicted octanol–water partition coefficient (Wildman–Crippen LogP) is 2.28. The van der Waals surface area contributed by atoms with Gasteiger partial charge in [-0.15, -0.1) is 0 Å². The van der Waals surface area contributed by atoms with Gasteiger partial charge >= 0.3 is 5.97 Å². The molecule has 0 fully saturated rings. The first-order valence-corrected chi connectivity index (χ1v) is 9.02. The molecule has 0 radical (unpaired) electrons. The number of nitrogens with one attached hydrogen (secondary N) is 2. The monoisotopic (exact) mass is 388 g/mol. The van der Waals surface area contributed by atoms with Gasteiger partial charge in [0.15, 0.2) is 17.6 Å². The van der Waals surface area contributed by atoms with Gasteiger partial charge in [-0.2, -0.15) is 0 Å². The predicted molar refractivity (Wildman–Crippen MR) is 100 cm³/mol. The molecule has 8 heteroatoms. The Hall–Kier alpha value is -3.00. The molecule has 0 saturated carbocycles. The number of carbonyl (C=O) groups is 2. The summed E-state index contributed by atoms with van der Waals surface area (Å²) in [6.45, 7) is 7.09. The first kappa shape index (κ1) is 19.8. The lowest BCUT2D eigenvalue weighted by molar-refractivity contribution is -0.129. The number of H-pyrrole nitrogens is 1. The van der Waals surface area contributed by atoms with Crippen LogP contribution in [0.15, 0.2) is 18.2 Å². The lowest BCUT2D eigenvalue weighted by Gasteiger charge is -2.14. The van der Waals surface area contributed by atoms with Crippen LogP contribution in [-0.4, -0.2) is 34.9 Å². The summed E-state index contributed by atoms with van der Waals surface area (Å²) in [5.41, 5.74) is 3.05. The molecule has 1 amide bonds. The number of hydrogen-bond acceptors (Lipinski definition) is 6. The molecule has 28 heavy (non-hydrogen) atoms. The zero-order valence-corrected chi connectivity index (χ0v) is 16.3. The van der Waals surface area contributed by atoms with Gasteiger partial charge in [0.05, 0.1) is 6.10 Å². The number of carbonyl (C=O) groups excluding carboxylic acids is 2. The number of benzene rings is 1.